The van der Waals surface area contributed by atoms with Gasteiger partial charge in [0.1, 0.15) is 17.8 Å². The van der Waals surface area contributed by atoms with Gasteiger partial charge >= 0.3 is 0 Å². The monoisotopic (exact) mass is 517 g/mol. The van der Waals surface area contributed by atoms with Gasteiger partial charge in [-0.25, -0.2) is 0 Å². The van der Waals surface area contributed by atoms with E-state index in [2.05, 4.69) is 42.8 Å². The van der Waals surface area contributed by atoms with E-state index >= 15 is 0 Å². The topological polar surface area (TPSA) is 67.8 Å². The molecule has 5 nitrogen and oxygen atoms in total. The minimum atomic E-state index is 0.639. The van der Waals surface area contributed by atoms with Gasteiger partial charge in [0, 0.05) is 31.2 Å². The van der Waals surface area contributed by atoms with Crippen molar-refractivity contribution in [3.63, 3.8) is 0 Å². The Labute approximate surface area is 224 Å². The summed E-state index contributed by atoms with van der Waals surface area (Å²) in [7, 11) is 6.24. The van der Waals surface area contributed by atoms with Crippen LogP contribution in [0.15, 0.2) is 77.7 Å². The molecule has 6 heteroatoms. The summed E-state index contributed by atoms with van der Waals surface area (Å²) in [6, 6.07) is 24.3. The first kappa shape index (κ1) is 37.6. The van der Waals surface area contributed by atoms with Gasteiger partial charge in [-0.3, -0.25) is 0 Å². The maximum absolute atomic E-state index is 9.17. The first-order chi connectivity index (χ1) is 17.4. The minimum Gasteiger partial charge on any atom is -0.497 e. The summed E-state index contributed by atoms with van der Waals surface area (Å²) >= 11 is 1.77. The molecular formula is C30H47NO4S. The van der Waals surface area contributed by atoms with Crippen molar-refractivity contribution in [1.29, 1.82) is 0 Å². The minimum absolute atomic E-state index is 0.639. The van der Waals surface area contributed by atoms with Gasteiger partial charge in [-0.15, -0.1) is 11.8 Å². The largest absolute Gasteiger partial charge is 0.497 e. The van der Waals surface area contributed by atoms with Crippen LogP contribution in [0.5, 0.6) is 11.5 Å². The summed E-state index contributed by atoms with van der Waals surface area (Å²) in [4.78, 5) is 10.5. The molecule has 0 bridgehead atoms. The zero-order chi connectivity index (χ0) is 28.2. The van der Waals surface area contributed by atoms with Crippen molar-refractivity contribution in [1.82, 2.24) is 0 Å². The predicted molar refractivity (Wildman–Crippen MR) is 159 cm³/mol. The number of carbonyl (C=O) groups is 1. The van der Waals surface area contributed by atoms with E-state index in [-0.39, 0.29) is 0 Å². The Morgan fingerprint density at radius 1 is 0.889 bits per heavy atom. The van der Waals surface area contributed by atoms with Crippen LogP contribution >= 0.6 is 11.8 Å². The molecule has 0 aliphatic heterocycles. The van der Waals surface area contributed by atoms with Crippen molar-refractivity contribution in [3.05, 3.63) is 83.9 Å². The number of carbonyl (C=O) groups excluding carboxylic acids is 1. The number of aliphatic hydroxyl groups is 1. The Morgan fingerprint density at radius 2 is 1.47 bits per heavy atom. The van der Waals surface area contributed by atoms with Crippen LogP contribution in [0.2, 0.25) is 0 Å². The lowest BCUT2D eigenvalue weighted by Gasteiger charge is -2.05. The number of hydrogen-bond donors (Lipinski definition) is 2. The Hall–Kier alpha value is -2.96. The highest BCUT2D eigenvalue weighted by Crippen LogP contribution is 2.22. The molecule has 0 unspecified atom stereocenters. The molecule has 36 heavy (non-hydrogen) atoms. The van der Waals surface area contributed by atoms with Crippen molar-refractivity contribution in [3.8, 4) is 11.5 Å². The third kappa shape index (κ3) is 20.4. The predicted octanol–water partition coefficient (Wildman–Crippen LogP) is 7.69. The lowest BCUT2D eigenvalue weighted by molar-refractivity contribution is -0.107. The van der Waals surface area contributed by atoms with Crippen molar-refractivity contribution < 1.29 is 19.4 Å². The van der Waals surface area contributed by atoms with E-state index in [9.17, 15) is 4.79 Å². The summed E-state index contributed by atoms with van der Waals surface area (Å²) < 4.78 is 10.1. The summed E-state index contributed by atoms with van der Waals surface area (Å²) in [5, 5.41) is 10.1. The normalized spacial score (nSPS) is 8.19. The summed E-state index contributed by atoms with van der Waals surface area (Å²) in [5.41, 5.74) is 3.56. The fraction of sp³-hybridized carbons (Fsp3) is 0.367. The van der Waals surface area contributed by atoms with Gasteiger partial charge in [0.15, 0.2) is 0 Å². The highest BCUT2D eigenvalue weighted by atomic mass is 32.2. The number of hydrogen-bond acceptors (Lipinski definition) is 6. The van der Waals surface area contributed by atoms with Gasteiger partial charge in [0.2, 0.25) is 0 Å². The van der Waals surface area contributed by atoms with E-state index in [4.69, 9.17) is 14.6 Å². The smallest absolute Gasteiger partial charge is 0.122 e. The molecular weight excluding hydrogens is 470 g/mol. The second-order valence-corrected chi connectivity index (χ2v) is 7.43. The van der Waals surface area contributed by atoms with Gasteiger partial charge in [-0.2, -0.15) is 0 Å². The number of aryl methyl sites for hydroxylation is 2. The zero-order valence-electron chi connectivity index (χ0n) is 23.8. The highest BCUT2D eigenvalue weighted by molar-refractivity contribution is 7.98. The first-order valence-corrected chi connectivity index (χ1v) is 13.1. The number of ether oxygens (including phenoxy) is 2. The average molecular weight is 518 g/mol. The van der Waals surface area contributed by atoms with Crippen molar-refractivity contribution in [2.24, 2.45) is 0 Å². The van der Waals surface area contributed by atoms with Crippen molar-refractivity contribution >= 4 is 23.7 Å². The molecule has 3 aromatic rings. The van der Waals surface area contributed by atoms with Gasteiger partial charge in [-0.1, -0.05) is 51.1 Å². The molecule has 3 aromatic carbocycles. The van der Waals surface area contributed by atoms with E-state index in [0.29, 0.717) is 6.42 Å². The third-order valence-corrected chi connectivity index (χ3v) is 4.80. The fourth-order valence-corrected chi connectivity index (χ4v) is 2.76. The molecule has 0 amide bonds. The van der Waals surface area contributed by atoms with Gasteiger partial charge in [-0.05, 0) is 73.7 Å². The Bertz CT molecular complexity index is 874. The third-order valence-electron chi connectivity index (χ3n) is 4.05. The molecule has 0 fully saturated rings. The second-order valence-electron chi connectivity index (χ2n) is 6.55. The number of benzene rings is 3. The van der Waals surface area contributed by atoms with Crippen LogP contribution in [0.25, 0.3) is 0 Å². The quantitative estimate of drug-likeness (QED) is 0.267. The van der Waals surface area contributed by atoms with Crippen LogP contribution in [0.1, 0.15) is 38.3 Å². The number of anilines is 1. The first-order valence-electron chi connectivity index (χ1n) is 11.9. The van der Waals surface area contributed by atoms with Crippen LogP contribution in [0.4, 0.5) is 5.69 Å². The molecule has 0 atom stereocenters. The summed E-state index contributed by atoms with van der Waals surface area (Å²) in [5.74, 6) is 1.76. The summed E-state index contributed by atoms with van der Waals surface area (Å²) in [6.45, 7) is 9.88. The van der Waals surface area contributed by atoms with Crippen molar-refractivity contribution in [2.75, 3.05) is 39.9 Å². The molecule has 0 spiro atoms. The van der Waals surface area contributed by atoms with Gasteiger partial charge < -0.3 is 24.7 Å². The number of thioether (sulfide) groups is 1. The number of aliphatic hydroxyl groups excluding tert-OH is 1. The van der Waals surface area contributed by atoms with E-state index in [1.165, 1.54) is 16.1 Å². The maximum atomic E-state index is 9.17. The van der Waals surface area contributed by atoms with Crippen LogP contribution in [-0.4, -0.2) is 46.0 Å². The molecule has 2 N–H and O–H groups in total. The summed E-state index contributed by atoms with van der Waals surface area (Å²) in [6.07, 6.45) is 3.59. The van der Waals surface area contributed by atoms with E-state index < -0.39 is 0 Å². The molecule has 0 aromatic heterocycles. The molecule has 0 saturated carbocycles. The Kier molecular flexibility index (Phi) is 29.5. The molecule has 0 heterocycles. The second kappa shape index (κ2) is 28.3. The average Bonchev–Trinajstić information content (AvgIpc) is 2.96. The van der Waals surface area contributed by atoms with Crippen LogP contribution in [0, 0.1) is 13.8 Å². The van der Waals surface area contributed by atoms with E-state index in [0.717, 1.165) is 30.5 Å². The maximum Gasteiger partial charge on any atom is 0.122 e. The van der Waals surface area contributed by atoms with Gasteiger partial charge in [0.05, 0.1) is 14.2 Å². The number of aldehydes is 1. The molecule has 0 aliphatic carbocycles. The number of nitrogens with one attached hydrogen (secondary N) is 1. The molecule has 0 saturated heterocycles. The number of rotatable bonds is 5. The molecule has 3 rings (SSSR count). The molecule has 202 valence electrons. The highest BCUT2D eigenvalue weighted by Gasteiger charge is 1.98. The SMILES string of the molecule is CC.CCC=O.CNc1cccc(C)c1.CO.COc1ccc(OC)c(C)c1.CSc1ccccc1. The lowest BCUT2D eigenvalue weighted by atomic mass is 10.2. The Morgan fingerprint density at radius 3 is 1.81 bits per heavy atom. The van der Waals surface area contributed by atoms with Crippen LogP contribution in [0.3, 0.4) is 0 Å². The standard InChI is InChI=1S/C9H12O2.C8H11N.C7H8S.C3H6O.C2H6.CH4O/c1-7-6-8(10-2)4-5-9(7)11-3;1-7-4-3-5-8(6-7)9-2;1-8-7-5-3-2-4-6-7;1-2-3-4;2*1-2/h4-6H,1-3H3;3-6,9H,1-2H3;2-6H,1H3;3H,2H2,1H3;1-2H3;2H,1H3. The van der Waals surface area contributed by atoms with Crippen LogP contribution < -0.4 is 14.8 Å². The van der Waals surface area contributed by atoms with E-state index in [1.54, 1.807) is 26.0 Å². The lowest BCUT2D eigenvalue weighted by Crippen LogP contribution is -1.88. The zero-order valence-corrected chi connectivity index (χ0v) is 24.6. The molecule has 0 aliphatic rings. The van der Waals surface area contributed by atoms with E-state index in [1.807, 2.05) is 83.3 Å². The van der Waals surface area contributed by atoms with Gasteiger partial charge in [0.25, 0.3) is 0 Å². The van der Waals surface area contributed by atoms with Crippen molar-refractivity contribution in [2.45, 2.75) is 45.9 Å². The Balaban J connectivity index is -0.000000400. The fourth-order valence-electron chi connectivity index (χ4n) is 2.34. The molecule has 0 radical (unpaired) electrons. The number of methoxy groups -OCH3 is 2. The van der Waals surface area contributed by atoms with Crippen LogP contribution in [-0.2, 0) is 4.79 Å².